The molecule has 138 valence electrons. The van der Waals surface area contributed by atoms with Crippen LogP contribution in [0.15, 0.2) is 52.9 Å². The van der Waals surface area contributed by atoms with Crippen LogP contribution >= 0.6 is 11.5 Å². The number of nitrogens with zero attached hydrogens (tertiary/aromatic N) is 1. The lowest BCUT2D eigenvalue weighted by molar-refractivity contribution is -2.00. The third-order valence-electron chi connectivity index (χ3n) is 3.06. The van der Waals surface area contributed by atoms with E-state index in [9.17, 15) is 0 Å². The van der Waals surface area contributed by atoms with Crippen molar-refractivity contribution in [3.63, 3.8) is 0 Å². The van der Waals surface area contributed by atoms with E-state index in [0.29, 0.717) is 5.89 Å². The molecule has 2 aromatic carbocycles. The van der Waals surface area contributed by atoms with Gasteiger partial charge in [-0.1, -0.05) is 4.37 Å². The van der Waals surface area contributed by atoms with Gasteiger partial charge in [-0.3, -0.25) is 0 Å². The summed E-state index contributed by atoms with van der Waals surface area (Å²) in [4.78, 5) is 0. The molecule has 1 aromatic heterocycles. The number of methoxy groups -OCH3 is 2. The maximum absolute atomic E-state index is 8.49. The molecule has 0 saturated carbocycles. The molecule has 0 radical (unpaired) electrons. The van der Waals surface area contributed by atoms with Crippen LogP contribution in [-0.4, -0.2) is 18.6 Å². The molecule has 0 atom stereocenters. The van der Waals surface area contributed by atoms with Gasteiger partial charge in [0, 0.05) is 0 Å². The highest BCUT2D eigenvalue weighted by Crippen LogP contribution is 2.31. The molecule has 0 spiro atoms. The Balaban J connectivity index is 0.000000431. The minimum absolute atomic E-state index is 0.605. The van der Waals surface area contributed by atoms with Gasteiger partial charge in [-0.15, -0.1) is 10.2 Å². The second-order valence-electron chi connectivity index (χ2n) is 4.71. The van der Waals surface area contributed by atoms with E-state index in [-0.39, 0.29) is 0 Å². The molecule has 8 nitrogen and oxygen atoms in total. The molecular weight excluding hydrogens is 386 g/mol. The Bertz CT molecular complexity index is 748. The SMILES string of the molecule is COc1ccc(-c2nsc(-c3ccc(OC)cc3)[o+]2)cc1.[O-][Cl+3]([O-])([O-])[O-]. The maximum atomic E-state index is 8.49. The molecule has 0 aliphatic carbocycles. The molecule has 3 rings (SSSR count). The number of hydrogen-bond donors (Lipinski definition) is 0. The third-order valence-corrected chi connectivity index (χ3v) is 3.81. The fraction of sp³-hybridized carbons (Fsp3) is 0.125. The van der Waals surface area contributed by atoms with Crippen molar-refractivity contribution in [3.05, 3.63) is 48.5 Å². The van der Waals surface area contributed by atoms with Crippen molar-refractivity contribution in [2.24, 2.45) is 0 Å². The predicted octanol–water partition coefficient (Wildman–Crippen LogP) is -0.388. The highest BCUT2D eigenvalue weighted by atomic mass is 35.7. The Morgan fingerprint density at radius 1 is 0.808 bits per heavy atom. The molecule has 0 unspecified atom stereocenters. The zero-order valence-electron chi connectivity index (χ0n) is 13.7. The average molecular weight is 400 g/mol. The smallest absolute Gasteiger partial charge is 0.472 e. The van der Waals surface area contributed by atoms with Gasteiger partial charge in [0.05, 0.1) is 31.3 Å². The molecule has 0 N–H and O–H groups in total. The fourth-order valence-corrected chi connectivity index (χ4v) is 2.56. The van der Waals surface area contributed by atoms with Crippen molar-refractivity contribution >= 4 is 11.5 Å². The summed E-state index contributed by atoms with van der Waals surface area (Å²) < 4.78 is 54.5. The molecule has 0 bridgehead atoms. The highest BCUT2D eigenvalue weighted by Gasteiger charge is 2.23. The van der Waals surface area contributed by atoms with Gasteiger partial charge in [-0.25, -0.2) is 18.6 Å². The van der Waals surface area contributed by atoms with Crippen LogP contribution in [0.2, 0.25) is 0 Å². The molecule has 3 aromatic rings. The first kappa shape index (κ1) is 20.0. The summed E-state index contributed by atoms with van der Waals surface area (Å²) in [5.41, 5.74) is 1.90. The summed E-state index contributed by atoms with van der Waals surface area (Å²) in [5, 5.41) is 0.767. The fourth-order valence-electron chi connectivity index (χ4n) is 1.89. The number of rotatable bonds is 4. The minimum Gasteiger partial charge on any atom is -0.497 e. The molecule has 0 aliphatic heterocycles. The van der Waals surface area contributed by atoms with Crippen molar-refractivity contribution < 1.29 is 42.8 Å². The van der Waals surface area contributed by atoms with Crippen LogP contribution in [0.5, 0.6) is 11.5 Å². The van der Waals surface area contributed by atoms with Crippen molar-refractivity contribution in [2.45, 2.75) is 0 Å². The quantitative estimate of drug-likeness (QED) is 0.541. The van der Waals surface area contributed by atoms with E-state index in [1.54, 1.807) is 14.2 Å². The predicted molar refractivity (Wildman–Crippen MR) is 82.8 cm³/mol. The Morgan fingerprint density at radius 2 is 1.23 bits per heavy atom. The number of hydrogen-bond acceptors (Lipinski definition) is 8. The van der Waals surface area contributed by atoms with Crippen LogP contribution in [0.1, 0.15) is 0 Å². The number of ether oxygens (including phenoxy) is 2. The van der Waals surface area contributed by atoms with E-state index in [0.717, 1.165) is 27.7 Å². The van der Waals surface area contributed by atoms with Crippen LogP contribution in [0.3, 0.4) is 0 Å². The molecule has 0 saturated heterocycles. The Hall–Kier alpha value is -2.27. The number of benzene rings is 2. The molecule has 0 fully saturated rings. The normalized spacial score (nSPS) is 10.7. The van der Waals surface area contributed by atoms with Crippen molar-refractivity contribution in [2.75, 3.05) is 14.2 Å². The largest absolute Gasteiger partial charge is 0.497 e. The summed E-state index contributed by atoms with van der Waals surface area (Å²) in [5.74, 6) is 2.23. The van der Waals surface area contributed by atoms with E-state index in [1.165, 1.54) is 11.5 Å². The zero-order valence-corrected chi connectivity index (χ0v) is 15.3. The van der Waals surface area contributed by atoms with Gasteiger partial charge < -0.3 is 9.47 Å². The monoisotopic (exact) mass is 399 g/mol. The molecule has 26 heavy (non-hydrogen) atoms. The molecule has 1 heterocycles. The minimum atomic E-state index is -4.94. The van der Waals surface area contributed by atoms with E-state index >= 15 is 0 Å². The van der Waals surface area contributed by atoms with E-state index in [2.05, 4.69) is 4.37 Å². The van der Waals surface area contributed by atoms with Gasteiger partial charge >= 0.3 is 11.0 Å². The molecule has 10 heteroatoms. The lowest BCUT2D eigenvalue weighted by atomic mass is 10.2. The molecule has 0 aliphatic rings. The Labute approximate surface area is 155 Å². The van der Waals surface area contributed by atoms with Crippen LogP contribution < -0.4 is 28.1 Å². The lowest BCUT2D eigenvalue weighted by Gasteiger charge is -2.17. The van der Waals surface area contributed by atoms with Crippen LogP contribution in [0.25, 0.3) is 22.1 Å². The van der Waals surface area contributed by atoms with Crippen LogP contribution in [0, 0.1) is 10.2 Å². The van der Waals surface area contributed by atoms with Gasteiger partial charge in [0.25, 0.3) is 0 Å². The molecule has 0 amide bonds. The lowest BCUT2D eigenvalue weighted by Crippen LogP contribution is -2.68. The summed E-state index contributed by atoms with van der Waals surface area (Å²) in [7, 11) is -1.65. The summed E-state index contributed by atoms with van der Waals surface area (Å²) >= 11 is 1.33. The van der Waals surface area contributed by atoms with Crippen molar-refractivity contribution in [1.82, 2.24) is 4.37 Å². The average Bonchev–Trinajstić information content (AvgIpc) is 3.10. The number of aromatic nitrogens is 1. The summed E-state index contributed by atoms with van der Waals surface area (Å²) in [6.45, 7) is 0. The van der Waals surface area contributed by atoms with Crippen molar-refractivity contribution in [3.8, 4) is 33.6 Å². The first-order valence-corrected chi connectivity index (χ1v) is 9.01. The second kappa shape index (κ2) is 8.90. The molecular formula is C16H14ClNO7S. The van der Waals surface area contributed by atoms with Gasteiger partial charge in [0.15, 0.2) is 0 Å². The van der Waals surface area contributed by atoms with Crippen molar-refractivity contribution in [1.29, 1.82) is 0 Å². The topological polar surface area (TPSA) is 135 Å². The van der Waals surface area contributed by atoms with Gasteiger partial charge in [-0.2, -0.15) is 4.42 Å². The second-order valence-corrected chi connectivity index (χ2v) is 6.20. The van der Waals surface area contributed by atoms with E-state index in [4.69, 9.17) is 32.5 Å². The first-order chi connectivity index (χ1) is 12.3. The third kappa shape index (κ3) is 6.23. The Kier molecular flexibility index (Phi) is 6.86. The van der Waals surface area contributed by atoms with Crippen LogP contribution in [0.4, 0.5) is 0 Å². The standard InChI is InChI=1S/C16H14NO3S.ClHO4/c1-18-13-7-3-11(4-8-13)15-17-21-16(20-15)12-5-9-14(19-2)10-6-12;2-1(3,4)5/h3-10H,1-2H3;(H,2,3,4,5)/q+1;/p-1. The maximum Gasteiger partial charge on any atom is 0.472 e. The first-order valence-electron chi connectivity index (χ1n) is 7.00. The highest BCUT2D eigenvalue weighted by molar-refractivity contribution is 7.09. The summed E-state index contributed by atoms with van der Waals surface area (Å²) in [6.07, 6.45) is 0. The van der Waals surface area contributed by atoms with Gasteiger partial charge in [-0.05, 0) is 48.5 Å². The van der Waals surface area contributed by atoms with E-state index < -0.39 is 10.2 Å². The van der Waals surface area contributed by atoms with Gasteiger partial charge in [0.1, 0.15) is 17.1 Å². The van der Waals surface area contributed by atoms with E-state index in [1.807, 2.05) is 48.5 Å². The number of halogens is 1. The summed E-state index contributed by atoms with van der Waals surface area (Å²) in [6, 6.07) is 15.3. The Morgan fingerprint density at radius 3 is 1.65 bits per heavy atom. The van der Waals surface area contributed by atoms with Crippen LogP contribution in [-0.2, 0) is 0 Å². The zero-order chi connectivity index (χ0) is 19.2. The van der Waals surface area contributed by atoms with Gasteiger partial charge in [0.2, 0.25) is 0 Å².